The molecule has 0 saturated heterocycles. The Hall–Kier alpha value is -2.35. The third kappa shape index (κ3) is 8.36. The van der Waals surface area contributed by atoms with Crippen LogP contribution < -0.4 is 20.9 Å². The van der Waals surface area contributed by atoms with E-state index in [0.717, 1.165) is 5.56 Å². The van der Waals surface area contributed by atoms with Gasteiger partial charge in [-0.3, -0.25) is 20.4 Å². The van der Waals surface area contributed by atoms with Gasteiger partial charge < -0.3 is 10.1 Å². The normalized spacial score (nSPS) is 10.9. The summed E-state index contributed by atoms with van der Waals surface area (Å²) >= 11 is 16.9. The predicted molar refractivity (Wildman–Crippen MR) is 128 cm³/mol. The van der Waals surface area contributed by atoms with Crippen LogP contribution in [0.5, 0.6) is 5.75 Å². The van der Waals surface area contributed by atoms with Crippen molar-refractivity contribution in [3.63, 3.8) is 0 Å². The number of hydrazine groups is 1. The monoisotopic (exact) mass is 481 g/mol. The summed E-state index contributed by atoms with van der Waals surface area (Å²) in [5.41, 5.74) is 6.60. The summed E-state index contributed by atoms with van der Waals surface area (Å²) in [5.74, 6) is -0.153. The van der Waals surface area contributed by atoms with Gasteiger partial charge in [0.05, 0.1) is 11.6 Å². The molecule has 6 nitrogen and oxygen atoms in total. The molecule has 0 aromatic heterocycles. The largest absolute Gasteiger partial charge is 0.492 e. The number of rotatable bonds is 6. The van der Waals surface area contributed by atoms with E-state index in [2.05, 4.69) is 36.9 Å². The standard InChI is InChI=1S/C22H25Cl2N3O3S/c1-22(2,3)15-8-6-14(7-9-15)20(29)26-27-21(31)25-19(28)5-4-12-30-18-11-10-16(23)13-17(18)24/h6-11,13H,4-5,12H2,1-3H3,(H,26,29)(H2,25,27,28,31). The molecule has 0 unspecified atom stereocenters. The first-order valence-corrected chi connectivity index (χ1v) is 10.8. The maximum Gasteiger partial charge on any atom is 0.269 e. The summed E-state index contributed by atoms with van der Waals surface area (Å²) < 4.78 is 5.53. The molecule has 0 atom stereocenters. The van der Waals surface area contributed by atoms with Crippen molar-refractivity contribution in [3.05, 3.63) is 63.6 Å². The smallest absolute Gasteiger partial charge is 0.269 e. The number of benzene rings is 2. The molecule has 31 heavy (non-hydrogen) atoms. The number of carbonyl (C=O) groups is 2. The molecule has 0 fully saturated rings. The first kappa shape index (κ1) is 24.9. The van der Waals surface area contributed by atoms with Crippen LogP contribution in [0.15, 0.2) is 42.5 Å². The van der Waals surface area contributed by atoms with Crippen molar-refractivity contribution in [2.45, 2.75) is 39.0 Å². The molecular formula is C22H25Cl2N3O3S. The van der Waals surface area contributed by atoms with Crippen molar-refractivity contribution in [1.82, 2.24) is 16.2 Å². The summed E-state index contributed by atoms with van der Waals surface area (Å²) in [4.78, 5) is 24.2. The van der Waals surface area contributed by atoms with Gasteiger partial charge in [0.15, 0.2) is 5.11 Å². The highest BCUT2D eigenvalue weighted by atomic mass is 35.5. The lowest BCUT2D eigenvalue weighted by Crippen LogP contribution is -2.48. The molecule has 0 spiro atoms. The second kappa shape index (κ2) is 11.3. The van der Waals surface area contributed by atoms with Gasteiger partial charge in [0.2, 0.25) is 5.91 Å². The van der Waals surface area contributed by atoms with E-state index in [1.807, 2.05) is 12.1 Å². The molecule has 2 aromatic carbocycles. The van der Waals surface area contributed by atoms with E-state index in [1.54, 1.807) is 30.3 Å². The number of hydrogen-bond acceptors (Lipinski definition) is 4. The molecule has 2 rings (SSSR count). The van der Waals surface area contributed by atoms with Crippen LogP contribution in [0.2, 0.25) is 10.0 Å². The number of thiocarbonyl (C=S) groups is 1. The van der Waals surface area contributed by atoms with E-state index < -0.39 is 0 Å². The number of carbonyl (C=O) groups excluding carboxylic acids is 2. The van der Waals surface area contributed by atoms with Crippen molar-refractivity contribution in [1.29, 1.82) is 0 Å². The Labute approximate surface area is 197 Å². The molecule has 0 aliphatic heterocycles. The van der Waals surface area contributed by atoms with E-state index in [0.29, 0.717) is 34.4 Å². The molecule has 0 radical (unpaired) electrons. The molecule has 2 aromatic rings. The minimum absolute atomic E-state index is 0.00518. The average Bonchev–Trinajstić information content (AvgIpc) is 2.70. The summed E-state index contributed by atoms with van der Waals surface area (Å²) in [7, 11) is 0. The van der Waals surface area contributed by atoms with Crippen molar-refractivity contribution in [2.75, 3.05) is 6.61 Å². The number of nitrogens with one attached hydrogen (secondary N) is 3. The second-order valence-electron chi connectivity index (χ2n) is 7.81. The van der Waals surface area contributed by atoms with E-state index in [-0.39, 0.29) is 28.8 Å². The van der Waals surface area contributed by atoms with E-state index >= 15 is 0 Å². The molecule has 0 aliphatic carbocycles. The number of amides is 2. The van der Waals surface area contributed by atoms with Crippen LogP contribution in [0.3, 0.4) is 0 Å². The second-order valence-corrected chi connectivity index (χ2v) is 9.06. The van der Waals surface area contributed by atoms with E-state index in [1.165, 1.54) is 0 Å². The van der Waals surface area contributed by atoms with E-state index in [9.17, 15) is 9.59 Å². The Morgan fingerprint density at radius 1 is 1.03 bits per heavy atom. The molecule has 166 valence electrons. The van der Waals surface area contributed by atoms with Crippen LogP contribution in [0.4, 0.5) is 0 Å². The maximum atomic E-state index is 12.2. The SMILES string of the molecule is CC(C)(C)c1ccc(C(=O)NNC(=S)NC(=O)CCCOc2ccc(Cl)cc2Cl)cc1. The maximum absolute atomic E-state index is 12.2. The Bertz CT molecular complexity index is 944. The van der Waals surface area contributed by atoms with Crippen LogP contribution in [0.1, 0.15) is 49.5 Å². The Morgan fingerprint density at radius 2 is 1.71 bits per heavy atom. The van der Waals surface area contributed by atoms with Gasteiger partial charge in [-0.1, -0.05) is 56.1 Å². The van der Waals surface area contributed by atoms with Crippen LogP contribution in [0, 0.1) is 0 Å². The molecular weight excluding hydrogens is 457 g/mol. The van der Waals surface area contributed by atoms with Crippen LogP contribution in [-0.2, 0) is 10.2 Å². The van der Waals surface area contributed by atoms with Crippen molar-refractivity contribution < 1.29 is 14.3 Å². The van der Waals surface area contributed by atoms with Gasteiger partial charge in [-0.25, -0.2) is 0 Å². The molecule has 9 heteroatoms. The fourth-order valence-corrected chi connectivity index (χ4v) is 3.16. The zero-order valence-electron chi connectivity index (χ0n) is 17.6. The lowest BCUT2D eigenvalue weighted by Gasteiger charge is -2.19. The third-order valence-electron chi connectivity index (χ3n) is 4.26. The van der Waals surface area contributed by atoms with Crippen molar-refractivity contribution >= 4 is 52.3 Å². The minimum atomic E-state index is -0.356. The summed E-state index contributed by atoms with van der Waals surface area (Å²) in [6, 6.07) is 12.2. The van der Waals surface area contributed by atoms with Crippen molar-refractivity contribution in [2.24, 2.45) is 0 Å². The molecule has 0 heterocycles. The van der Waals surface area contributed by atoms with Gasteiger partial charge in [-0.05, 0) is 59.9 Å². The molecule has 0 aliphatic rings. The number of halogens is 2. The summed E-state index contributed by atoms with van der Waals surface area (Å²) in [5, 5.41) is 3.44. The zero-order chi connectivity index (χ0) is 23.0. The summed E-state index contributed by atoms with van der Waals surface area (Å²) in [6.45, 7) is 6.60. The van der Waals surface area contributed by atoms with Crippen molar-refractivity contribution in [3.8, 4) is 5.75 Å². The van der Waals surface area contributed by atoms with Gasteiger partial charge in [0.1, 0.15) is 5.75 Å². The lowest BCUT2D eigenvalue weighted by molar-refractivity contribution is -0.119. The Kier molecular flexibility index (Phi) is 9.10. The topological polar surface area (TPSA) is 79.5 Å². The fourth-order valence-electron chi connectivity index (χ4n) is 2.53. The first-order chi connectivity index (χ1) is 14.6. The van der Waals surface area contributed by atoms with Gasteiger partial charge in [0, 0.05) is 17.0 Å². The fraction of sp³-hybridized carbons (Fsp3) is 0.318. The van der Waals surface area contributed by atoms with Crippen LogP contribution >= 0.6 is 35.4 Å². The predicted octanol–water partition coefficient (Wildman–Crippen LogP) is 4.79. The lowest BCUT2D eigenvalue weighted by atomic mass is 9.87. The summed E-state index contributed by atoms with van der Waals surface area (Å²) in [6.07, 6.45) is 0.648. The average molecular weight is 482 g/mol. The Balaban J connectivity index is 1.68. The highest BCUT2D eigenvalue weighted by molar-refractivity contribution is 7.80. The van der Waals surface area contributed by atoms with Gasteiger partial charge >= 0.3 is 0 Å². The molecule has 3 N–H and O–H groups in total. The van der Waals surface area contributed by atoms with E-state index in [4.69, 9.17) is 40.2 Å². The quantitative estimate of drug-likeness (QED) is 0.314. The van der Waals surface area contributed by atoms with Gasteiger partial charge in [0.25, 0.3) is 5.91 Å². The number of ether oxygens (including phenoxy) is 1. The highest BCUT2D eigenvalue weighted by Gasteiger charge is 2.14. The highest BCUT2D eigenvalue weighted by Crippen LogP contribution is 2.27. The first-order valence-electron chi connectivity index (χ1n) is 9.65. The number of hydrogen-bond donors (Lipinski definition) is 3. The third-order valence-corrected chi connectivity index (χ3v) is 4.99. The molecule has 0 bridgehead atoms. The molecule has 0 saturated carbocycles. The van der Waals surface area contributed by atoms with Crippen LogP contribution in [0.25, 0.3) is 0 Å². The minimum Gasteiger partial charge on any atom is -0.492 e. The Morgan fingerprint density at radius 3 is 2.32 bits per heavy atom. The van der Waals surface area contributed by atoms with Gasteiger partial charge in [-0.2, -0.15) is 0 Å². The van der Waals surface area contributed by atoms with Crippen LogP contribution in [-0.4, -0.2) is 23.5 Å². The van der Waals surface area contributed by atoms with Gasteiger partial charge in [-0.15, -0.1) is 0 Å². The molecule has 2 amide bonds. The zero-order valence-corrected chi connectivity index (χ0v) is 19.9.